The molecular weight excluding hydrogens is 414 g/mol. The van der Waals surface area contributed by atoms with E-state index < -0.39 is 5.91 Å². The Morgan fingerprint density at radius 2 is 2.07 bits per heavy atom. The maximum atomic E-state index is 12.8. The van der Waals surface area contributed by atoms with E-state index in [4.69, 9.17) is 17.0 Å². The van der Waals surface area contributed by atoms with Gasteiger partial charge in [-0.3, -0.25) is 4.79 Å². The van der Waals surface area contributed by atoms with Crippen LogP contribution in [0.3, 0.4) is 0 Å². The molecule has 0 spiro atoms. The number of fused-ring (bicyclic) bond motifs is 1. The molecule has 0 saturated heterocycles. The average molecular weight is 436 g/mol. The highest BCUT2D eigenvalue weighted by atomic mass is 32.1. The van der Waals surface area contributed by atoms with Gasteiger partial charge in [-0.15, -0.1) is 11.3 Å². The lowest BCUT2D eigenvalue weighted by Gasteiger charge is -2.23. The Bertz CT molecular complexity index is 1140. The molecule has 1 aliphatic carbocycles. The normalized spacial score (nSPS) is 15.5. The smallest absolute Gasteiger partial charge is 0.266 e. The van der Waals surface area contributed by atoms with Crippen LogP contribution in [0.25, 0.3) is 6.08 Å². The average Bonchev–Trinajstić information content (AvgIpc) is 2.74. The van der Waals surface area contributed by atoms with Crippen molar-refractivity contribution in [2.24, 2.45) is 5.92 Å². The van der Waals surface area contributed by atoms with Gasteiger partial charge in [-0.25, -0.2) is 0 Å². The molecule has 2 aromatic rings. The van der Waals surface area contributed by atoms with E-state index in [1.807, 2.05) is 13.0 Å². The lowest BCUT2D eigenvalue weighted by Crippen LogP contribution is -2.17. The summed E-state index contributed by atoms with van der Waals surface area (Å²) in [6, 6.07) is 11.3. The maximum absolute atomic E-state index is 12.8. The first-order valence-corrected chi connectivity index (χ1v) is 10.9. The molecule has 0 bridgehead atoms. The zero-order valence-electron chi connectivity index (χ0n) is 16.8. The molecule has 1 aromatic heterocycles. The molecule has 30 heavy (non-hydrogen) atoms. The number of hydrogen-bond acceptors (Lipinski definition) is 6. The zero-order valence-corrected chi connectivity index (χ0v) is 18.5. The van der Waals surface area contributed by atoms with Crippen molar-refractivity contribution in [3.8, 4) is 17.9 Å². The summed E-state index contributed by atoms with van der Waals surface area (Å²) in [5.41, 5.74) is 3.10. The summed E-state index contributed by atoms with van der Waals surface area (Å²) in [4.78, 5) is 12.8. The molecule has 1 aliphatic rings. The van der Waals surface area contributed by atoms with Crippen LogP contribution in [0, 0.1) is 32.4 Å². The van der Waals surface area contributed by atoms with Crippen LogP contribution in [0.5, 0.6) is 5.75 Å². The van der Waals surface area contributed by atoms with Crippen LogP contribution in [0.1, 0.15) is 42.5 Å². The third kappa shape index (κ3) is 4.76. The van der Waals surface area contributed by atoms with Gasteiger partial charge in [-0.1, -0.05) is 31.3 Å². The third-order valence-electron chi connectivity index (χ3n) is 4.98. The second-order valence-corrected chi connectivity index (χ2v) is 8.82. The third-order valence-corrected chi connectivity index (χ3v) is 6.42. The highest BCUT2D eigenvalue weighted by Gasteiger charge is 2.23. The number of carbonyl (C=O) groups excluding carboxylic acids is 1. The molecular formula is C23H21N3O2S2. The van der Waals surface area contributed by atoms with E-state index in [-0.39, 0.29) is 5.57 Å². The molecule has 0 radical (unpaired) electrons. The molecule has 3 rings (SSSR count). The molecule has 0 saturated carbocycles. The summed E-state index contributed by atoms with van der Waals surface area (Å²) in [5, 5.41) is 22.4. The Morgan fingerprint density at radius 3 is 2.70 bits per heavy atom. The predicted octanol–water partition coefficient (Wildman–Crippen LogP) is 5.42. The lowest BCUT2D eigenvalue weighted by atomic mass is 9.85. The van der Waals surface area contributed by atoms with Crippen LogP contribution in [0.2, 0.25) is 0 Å². The van der Waals surface area contributed by atoms with Crippen molar-refractivity contribution in [2.45, 2.75) is 33.1 Å². The van der Waals surface area contributed by atoms with Gasteiger partial charge in [-0.2, -0.15) is 10.5 Å². The zero-order chi connectivity index (χ0) is 21.7. The minimum absolute atomic E-state index is 0.0486. The fourth-order valence-electron chi connectivity index (χ4n) is 3.46. The van der Waals surface area contributed by atoms with Gasteiger partial charge in [0.15, 0.2) is 0 Å². The Hall–Kier alpha value is -3.00. The monoisotopic (exact) mass is 435 g/mol. The fourth-order valence-corrected chi connectivity index (χ4v) is 4.85. The van der Waals surface area contributed by atoms with E-state index in [0.717, 1.165) is 36.1 Å². The topological polar surface area (TPSA) is 85.9 Å². The van der Waals surface area contributed by atoms with Crippen LogP contribution in [-0.4, -0.2) is 12.5 Å². The van der Waals surface area contributed by atoms with Crippen molar-refractivity contribution < 1.29 is 9.53 Å². The van der Waals surface area contributed by atoms with Gasteiger partial charge in [0.1, 0.15) is 28.5 Å². The number of anilines is 1. The molecule has 0 fully saturated rings. The van der Waals surface area contributed by atoms with E-state index in [1.165, 1.54) is 17.4 Å². The largest absolute Gasteiger partial charge is 0.494 e. The quantitative estimate of drug-likeness (QED) is 0.385. The van der Waals surface area contributed by atoms with Crippen molar-refractivity contribution in [3.05, 3.63) is 55.9 Å². The van der Waals surface area contributed by atoms with E-state index >= 15 is 0 Å². The van der Waals surface area contributed by atoms with Crippen LogP contribution in [-0.2, 0) is 17.6 Å². The SMILES string of the molecule is CCOc1ccc(/C=C(\C#N)C(=O)Nc2sc(=S)c3c(c2C#N)CCC(C)C3)cc1. The second kappa shape index (κ2) is 9.67. The molecule has 1 atom stereocenters. The number of rotatable bonds is 5. The molecule has 1 amide bonds. The van der Waals surface area contributed by atoms with E-state index in [2.05, 4.69) is 18.3 Å². The van der Waals surface area contributed by atoms with Crippen molar-refractivity contribution in [3.63, 3.8) is 0 Å². The molecule has 1 aromatic carbocycles. The lowest BCUT2D eigenvalue weighted by molar-refractivity contribution is -0.112. The summed E-state index contributed by atoms with van der Waals surface area (Å²) < 4.78 is 6.10. The summed E-state index contributed by atoms with van der Waals surface area (Å²) >= 11 is 6.76. The van der Waals surface area contributed by atoms with Crippen molar-refractivity contribution in [1.82, 2.24) is 0 Å². The Balaban J connectivity index is 1.89. The van der Waals surface area contributed by atoms with Crippen LogP contribution < -0.4 is 10.1 Å². The van der Waals surface area contributed by atoms with E-state index in [0.29, 0.717) is 32.5 Å². The van der Waals surface area contributed by atoms with Crippen molar-refractivity contribution >= 4 is 40.5 Å². The number of hydrogen-bond donors (Lipinski definition) is 1. The molecule has 0 aliphatic heterocycles. The van der Waals surface area contributed by atoms with Crippen molar-refractivity contribution in [1.29, 1.82) is 10.5 Å². The first-order chi connectivity index (χ1) is 14.5. The van der Waals surface area contributed by atoms with Gasteiger partial charge in [0.05, 0.1) is 16.0 Å². The number of nitriles is 2. The number of benzene rings is 1. The summed E-state index contributed by atoms with van der Waals surface area (Å²) in [7, 11) is 0. The van der Waals surface area contributed by atoms with E-state index in [9.17, 15) is 15.3 Å². The number of ether oxygens (including phenoxy) is 1. The highest BCUT2D eigenvalue weighted by Crippen LogP contribution is 2.36. The van der Waals surface area contributed by atoms with Crippen LogP contribution in [0.15, 0.2) is 29.8 Å². The van der Waals surface area contributed by atoms with Crippen LogP contribution in [0.4, 0.5) is 5.00 Å². The summed E-state index contributed by atoms with van der Waals surface area (Å²) in [6.07, 6.45) is 4.12. The van der Waals surface area contributed by atoms with E-state index in [1.54, 1.807) is 24.3 Å². The molecule has 152 valence electrons. The molecule has 1 N–H and O–H groups in total. The fraction of sp³-hybridized carbons (Fsp3) is 0.304. The van der Waals surface area contributed by atoms with Gasteiger partial charge in [-0.05, 0) is 67.0 Å². The minimum Gasteiger partial charge on any atom is -0.494 e. The van der Waals surface area contributed by atoms with Crippen LogP contribution >= 0.6 is 23.6 Å². The number of carbonyl (C=O) groups is 1. The second-order valence-electron chi connectivity index (χ2n) is 7.14. The Labute approximate surface area is 185 Å². The number of nitrogens with zero attached hydrogens (tertiary/aromatic N) is 2. The van der Waals surface area contributed by atoms with Crippen molar-refractivity contribution in [2.75, 3.05) is 11.9 Å². The molecule has 1 unspecified atom stereocenters. The maximum Gasteiger partial charge on any atom is 0.266 e. The molecule has 7 heteroatoms. The van der Waals surface area contributed by atoms with Gasteiger partial charge in [0.2, 0.25) is 0 Å². The number of amides is 1. The van der Waals surface area contributed by atoms with Gasteiger partial charge in [0, 0.05) is 0 Å². The van der Waals surface area contributed by atoms with Gasteiger partial charge >= 0.3 is 0 Å². The molecule has 1 heterocycles. The number of nitrogens with one attached hydrogen (secondary N) is 1. The standard InChI is InChI=1S/C23H21N3O2S2/c1-3-28-17-7-5-15(6-8-17)11-16(12-24)21(27)26-22-20(13-25)18-9-4-14(2)10-19(18)23(29)30-22/h5-8,11,14H,3-4,9-10H2,1-2H3,(H,26,27)/b16-11+. The van der Waals surface area contributed by atoms with Gasteiger partial charge in [0.25, 0.3) is 5.91 Å². The minimum atomic E-state index is -0.558. The van der Waals surface area contributed by atoms with Gasteiger partial charge < -0.3 is 10.1 Å². The Kier molecular flexibility index (Phi) is 6.99. The summed E-state index contributed by atoms with van der Waals surface area (Å²) in [5.74, 6) is 0.692. The Morgan fingerprint density at radius 1 is 1.33 bits per heavy atom. The highest BCUT2D eigenvalue weighted by molar-refractivity contribution is 7.73. The summed E-state index contributed by atoms with van der Waals surface area (Å²) in [6.45, 7) is 4.64. The molecule has 5 nitrogen and oxygen atoms in total. The predicted molar refractivity (Wildman–Crippen MR) is 121 cm³/mol. The first-order valence-electron chi connectivity index (χ1n) is 9.71. The first kappa shape index (κ1) is 21.7.